The molecule has 0 saturated carbocycles. The first-order chi connectivity index (χ1) is 9.27. The van der Waals surface area contributed by atoms with E-state index in [-0.39, 0.29) is 11.9 Å². The van der Waals surface area contributed by atoms with Gasteiger partial charge in [-0.25, -0.2) is 0 Å². The summed E-state index contributed by atoms with van der Waals surface area (Å²) < 4.78 is 0. The average molecular weight is 267 g/mol. The minimum Gasteiger partial charge on any atom is -0.355 e. The van der Waals surface area contributed by atoms with Crippen LogP contribution in [0.2, 0.25) is 0 Å². The largest absolute Gasteiger partial charge is 0.355 e. The lowest BCUT2D eigenvalue weighted by Crippen LogP contribution is -2.44. The van der Waals surface area contributed by atoms with Gasteiger partial charge in [0.2, 0.25) is 5.91 Å². The summed E-state index contributed by atoms with van der Waals surface area (Å²) in [6, 6.07) is 0.101. The second-order valence-electron chi connectivity index (χ2n) is 6.04. The van der Waals surface area contributed by atoms with Gasteiger partial charge in [0.05, 0.1) is 6.04 Å². The molecular formula is C15H29N3O. The Labute approximate surface area is 117 Å². The van der Waals surface area contributed by atoms with Crippen molar-refractivity contribution in [3.05, 3.63) is 0 Å². The van der Waals surface area contributed by atoms with Gasteiger partial charge in [-0.2, -0.15) is 0 Å². The second-order valence-corrected chi connectivity index (χ2v) is 6.04. The van der Waals surface area contributed by atoms with Crippen molar-refractivity contribution in [1.29, 1.82) is 0 Å². The van der Waals surface area contributed by atoms with E-state index in [0.717, 1.165) is 25.9 Å². The van der Waals surface area contributed by atoms with Crippen LogP contribution in [0.1, 0.15) is 44.9 Å². The quantitative estimate of drug-likeness (QED) is 0.819. The molecule has 0 radical (unpaired) electrons. The van der Waals surface area contributed by atoms with E-state index in [0.29, 0.717) is 0 Å². The molecule has 19 heavy (non-hydrogen) atoms. The van der Waals surface area contributed by atoms with Crippen molar-refractivity contribution in [2.24, 2.45) is 0 Å². The summed E-state index contributed by atoms with van der Waals surface area (Å²) in [6.45, 7) is 5.63. The smallest absolute Gasteiger partial charge is 0.237 e. The Morgan fingerprint density at radius 1 is 1.21 bits per heavy atom. The first-order valence-electron chi connectivity index (χ1n) is 7.97. The monoisotopic (exact) mass is 267 g/mol. The third-order valence-corrected chi connectivity index (χ3v) is 4.47. The van der Waals surface area contributed by atoms with Crippen LogP contribution < -0.4 is 5.32 Å². The van der Waals surface area contributed by atoms with E-state index in [1.54, 1.807) is 0 Å². The van der Waals surface area contributed by atoms with Gasteiger partial charge in [-0.15, -0.1) is 0 Å². The predicted octanol–water partition coefficient (Wildman–Crippen LogP) is 1.46. The molecule has 110 valence electrons. The minimum absolute atomic E-state index is 0.101. The molecule has 1 N–H and O–H groups in total. The molecule has 2 fully saturated rings. The predicted molar refractivity (Wildman–Crippen MR) is 78.2 cm³/mol. The molecule has 1 atom stereocenters. The van der Waals surface area contributed by atoms with E-state index in [9.17, 15) is 4.79 Å². The zero-order valence-electron chi connectivity index (χ0n) is 12.4. The first kappa shape index (κ1) is 14.8. The van der Waals surface area contributed by atoms with E-state index < -0.39 is 0 Å². The lowest BCUT2D eigenvalue weighted by Gasteiger charge is -2.29. The number of nitrogens with zero attached hydrogens (tertiary/aromatic N) is 2. The highest BCUT2D eigenvalue weighted by atomic mass is 16.2. The fourth-order valence-electron chi connectivity index (χ4n) is 3.23. The zero-order chi connectivity index (χ0) is 13.5. The Bertz CT molecular complexity index is 277. The van der Waals surface area contributed by atoms with Gasteiger partial charge in [-0.05, 0) is 71.8 Å². The van der Waals surface area contributed by atoms with Crippen molar-refractivity contribution in [3.8, 4) is 0 Å². The van der Waals surface area contributed by atoms with Crippen LogP contribution in [0, 0.1) is 0 Å². The Hall–Kier alpha value is -0.610. The van der Waals surface area contributed by atoms with Gasteiger partial charge in [-0.1, -0.05) is 6.42 Å². The average Bonchev–Trinajstić information content (AvgIpc) is 2.64. The lowest BCUT2D eigenvalue weighted by atomic mass is 10.1. The van der Waals surface area contributed by atoms with Gasteiger partial charge in [0.1, 0.15) is 0 Å². The Morgan fingerprint density at radius 2 is 2.00 bits per heavy atom. The van der Waals surface area contributed by atoms with Gasteiger partial charge in [0.15, 0.2) is 0 Å². The van der Waals surface area contributed by atoms with E-state index in [4.69, 9.17) is 0 Å². The van der Waals surface area contributed by atoms with Crippen LogP contribution in [0.25, 0.3) is 0 Å². The SMILES string of the molecule is CN(CCCN1CCCCC1)[C@H]1CCCCNC1=O. The number of piperidine rings is 1. The molecular weight excluding hydrogens is 238 g/mol. The third-order valence-electron chi connectivity index (χ3n) is 4.47. The summed E-state index contributed by atoms with van der Waals surface area (Å²) in [5.74, 6) is 0.234. The standard InChI is InChI=1S/C15H29N3O/c1-17(14-8-3-4-9-16-15(14)19)10-7-13-18-11-5-2-6-12-18/h14H,2-13H2,1H3,(H,16,19)/t14-/m0/s1. The summed E-state index contributed by atoms with van der Waals surface area (Å²) in [5.41, 5.74) is 0. The van der Waals surface area contributed by atoms with Gasteiger partial charge in [0.25, 0.3) is 0 Å². The van der Waals surface area contributed by atoms with Crippen molar-refractivity contribution >= 4 is 5.91 Å². The summed E-state index contributed by atoms with van der Waals surface area (Å²) in [5, 5.41) is 3.02. The Kier molecular flexibility index (Phi) is 6.11. The number of amides is 1. The highest BCUT2D eigenvalue weighted by molar-refractivity contribution is 5.81. The zero-order valence-corrected chi connectivity index (χ0v) is 12.4. The molecule has 2 aliphatic rings. The van der Waals surface area contributed by atoms with Crippen molar-refractivity contribution < 1.29 is 4.79 Å². The first-order valence-corrected chi connectivity index (χ1v) is 7.97. The van der Waals surface area contributed by atoms with Crippen LogP contribution in [0.4, 0.5) is 0 Å². The van der Waals surface area contributed by atoms with E-state index in [2.05, 4.69) is 22.2 Å². The molecule has 1 amide bonds. The van der Waals surface area contributed by atoms with E-state index in [1.165, 1.54) is 51.7 Å². The van der Waals surface area contributed by atoms with Crippen LogP contribution in [-0.4, -0.2) is 61.5 Å². The minimum atomic E-state index is 0.101. The molecule has 2 saturated heterocycles. The summed E-state index contributed by atoms with van der Waals surface area (Å²) in [7, 11) is 2.10. The number of nitrogens with one attached hydrogen (secondary N) is 1. The topological polar surface area (TPSA) is 35.6 Å². The molecule has 0 bridgehead atoms. The maximum atomic E-state index is 12.0. The fraction of sp³-hybridized carbons (Fsp3) is 0.933. The highest BCUT2D eigenvalue weighted by Gasteiger charge is 2.24. The molecule has 2 rings (SSSR count). The van der Waals surface area contributed by atoms with Gasteiger partial charge >= 0.3 is 0 Å². The molecule has 2 heterocycles. The molecule has 0 unspecified atom stereocenters. The number of rotatable bonds is 5. The molecule has 4 heteroatoms. The third kappa shape index (κ3) is 4.77. The summed E-state index contributed by atoms with van der Waals surface area (Å²) in [6.07, 6.45) is 8.62. The van der Waals surface area contributed by atoms with Gasteiger partial charge in [0, 0.05) is 6.54 Å². The molecule has 0 aromatic carbocycles. The number of hydrogen-bond acceptors (Lipinski definition) is 3. The van der Waals surface area contributed by atoms with Crippen LogP contribution in [-0.2, 0) is 4.79 Å². The normalized spacial score (nSPS) is 26.2. The molecule has 2 aliphatic heterocycles. The molecule has 0 aliphatic carbocycles. The number of carbonyl (C=O) groups is 1. The van der Waals surface area contributed by atoms with E-state index in [1.807, 2.05) is 0 Å². The van der Waals surface area contributed by atoms with Gasteiger partial charge < -0.3 is 10.2 Å². The Morgan fingerprint density at radius 3 is 2.79 bits per heavy atom. The molecule has 0 aromatic rings. The summed E-state index contributed by atoms with van der Waals surface area (Å²) >= 11 is 0. The Balaban J connectivity index is 1.67. The van der Waals surface area contributed by atoms with Crippen molar-refractivity contribution in [3.63, 3.8) is 0 Å². The summed E-state index contributed by atoms with van der Waals surface area (Å²) in [4.78, 5) is 16.8. The van der Waals surface area contributed by atoms with Gasteiger partial charge in [-0.3, -0.25) is 9.69 Å². The number of carbonyl (C=O) groups excluding carboxylic acids is 1. The maximum absolute atomic E-state index is 12.0. The van der Waals surface area contributed by atoms with Crippen molar-refractivity contribution in [2.75, 3.05) is 39.8 Å². The van der Waals surface area contributed by atoms with Crippen molar-refractivity contribution in [1.82, 2.24) is 15.1 Å². The second kappa shape index (κ2) is 7.85. The van der Waals surface area contributed by atoms with Crippen LogP contribution >= 0.6 is 0 Å². The number of likely N-dealkylation sites (tertiary alicyclic amines) is 1. The number of likely N-dealkylation sites (N-methyl/N-ethyl adjacent to an activating group) is 1. The molecule has 4 nitrogen and oxygen atoms in total. The maximum Gasteiger partial charge on any atom is 0.237 e. The lowest BCUT2D eigenvalue weighted by molar-refractivity contribution is -0.125. The van der Waals surface area contributed by atoms with Crippen molar-refractivity contribution in [2.45, 2.75) is 51.0 Å². The van der Waals surface area contributed by atoms with Crippen LogP contribution in [0.3, 0.4) is 0 Å². The number of hydrogen-bond donors (Lipinski definition) is 1. The molecule has 0 aromatic heterocycles. The van der Waals surface area contributed by atoms with Crippen LogP contribution in [0.5, 0.6) is 0 Å². The fourth-order valence-corrected chi connectivity index (χ4v) is 3.23. The van der Waals surface area contributed by atoms with Crippen LogP contribution in [0.15, 0.2) is 0 Å². The molecule has 0 spiro atoms. The highest BCUT2D eigenvalue weighted by Crippen LogP contribution is 2.12. The van der Waals surface area contributed by atoms with E-state index >= 15 is 0 Å².